The van der Waals surface area contributed by atoms with Crippen molar-refractivity contribution in [1.82, 2.24) is 5.32 Å². The maximum Gasteiger partial charge on any atom is 0.261 e. The molecule has 0 fully saturated rings. The molecule has 3 aromatic rings. The van der Waals surface area contributed by atoms with E-state index < -0.39 is 21.7 Å². The average molecular weight is 441 g/mol. The molecule has 3 N–H and O–H groups in total. The molecule has 0 aliphatic rings. The Morgan fingerprint density at radius 2 is 1.55 bits per heavy atom. The highest BCUT2D eigenvalue weighted by molar-refractivity contribution is 7.92. The number of carbonyl (C=O) groups excluding carboxylic acids is 2. The van der Waals surface area contributed by atoms with Crippen LogP contribution in [0.2, 0.25) is 0 Å². The Morgan fingerprint density at radius 3 is 2.19 bits per heavy atom. The number of sulfonamides is 1. The summed E-state index contributed by atoms with van der Waals surface area (Å²) in [5, 5.41) is 5.24. The van der Waals surface area contributed by atoms with E-state index in [0.29, 0.717) is 5.69 Å². The number of hydrogen-bond acceptors (Lipinski definition) is 4. The zero-order valence-corrected chi connectivity index (χ0v) is 17.4. The Kier molecular flexibility index (Phi) is 6.66. The minimum absolute atomic E-state index is 0.00724. The molecule has 9 heteroatoms. The summed E-state index contributed by atoms with van der Waals surface area (Å²) < 4.78 is 41.1. The molecule has 3 aromatic carbocycles. The second kappa shape index (κ2) is 9.40. The summed E-state index contributed by atoms with van der Waals surface area (Å²) in [6, 6.07) is 17.4. The van der Waals surface area contributed by atoms with Crippen molar-refractivity contribution in [3.63, 3.8) is 0 Å². The van der Waals surface area contributed by atoms with Crippen LogP contribution in [0.15, 0.2) is 77.7 Å². The van der Waals surface area contributed by atoms with Gasteiger partial charge in [-0.15, -0.1) is 0 Å². The first-order valence-corrected chi connectivity index (χ1v) is 10.7. The first-order valence-electron chi connectivity index (χ1n) is 9.27. The number of amides is 2. The Bertz CT molecular complexity index is 1190. The van der Waals surface area contributed by atoms with Crippen LogP contribution in [0.4, 0.5) is 15.8 Å². The molecule has 0 spiro atoms. The van der Waals surface area contributed by atoms with Crippen LogP contribution < -0.4 is 15.4 Å². The third-order valence-corrected chi connectivity index (χ3v) is 5.67. The van der Waals surface area contributed by atoms with Gasteiger partial charge in [-0.25, -0.2) is 12.8 Å². The standard InChI is InChI=1S/C22H20FN3O4S/c1-15(27)24-14-16-6-12-19(13-7-16)31(29,30)26-21-5-3-2-4-20(21)22(28)25-18-10-8-17(23)9-11-18/h2-13,26H,14H2,1H3,(H,24,27)(H,25,28). The van der Waals surface area contributed by atoms with E-state index in [1.807, 2.05) is 0 Å². The maximum absolute atomic E-state index is 13.1. The van der Waals surface area contributed by atoms with Gasteiger partial charge in [-0.05, 0) is 54.1 Å². The largest absolute Gasteiger partial charge is 0.352 e. The Morgan fingerprint density at radius 1 is 0.903 bits per heavy atom. The molecule has 0 bridgehead atoms. The fourth-order valence-electron chi connectivity index (χ4n) is 2.72. The van der Waals surface area contributed by atoms with Crippen LogP contribution in [0.25, 0.3) is 0 Å². The van der Waals surface area contributed by atoms with Crippen molar-refractivity contribution in [2.24, 2.45) is 0 Å². The van der Waals surface area contributed by atoms with Gasteiger partial charge >= 0.3 is 0 Å². The van der Waals surface area contributed by atoms with Crippen molar-refractivity contribution in [1.29, 1.82) is 0 Å². The van der Waals surface area contributed by atoms with Crippen LogP contribution in [-0.4, -0.2) is 20.2 Å². The van der Waals surface area contributed by atoms with E-state index >= 15 is 0 Å². The lowest BCUT2D eigenvalue weighted by Gasteiger charge is -2.13. The normalized spacial score (nSPS) is 10.9. The summed E-state index contributed by atoms with van der Waals surface area (Å²) in [5.74, 6) is -1.17. The number of halogens is 1. The average Bonchev–Trinajstić information content (AvgIpc) is 2.74. The van der Waals surface area contributed by atoms with Crippen molar-refractivity contribution in [2.45, 2.75) is 18.4 Å². The molecule has 160 valence electrons. The number of nitrogens with one attached hydrogen (secondary N) is 3. The third kappa shape index (κ3) is 5.89. The van der Waals surface area contributed by atoms with E-state index in [2.05, 4.69) is 15.4 Å². The summed E-state index contributed by atoms with van der Waals surface area (Å²) >= 11 is 0. The monoisotopic (exact) mass is 441 g/mol. The number of rotatable bonds is 7. The quantitative estimate of drug-likeness (QED) is 0.522. The zero-order chi connectivity index (χ0) is 22.4. The highest BCUT2D eigenvalue weighted by Crippen LogP contribution is 2.22. The minimum Gasteiger partial charge on any atom is -0.352 e. The van der Waals surface area contributed by atoms with E-state index in [4.69, 9.17) is 0 Å². The molecule has 0 aliphatic carbocycles. The number of benzene rings is 3. The van der Waals surface area contributed by atoms with Gasteiger partial charge in [0.15, 0.2) is 0 Å². The van der Waals surface area contributed by atoms with Crippen LogP contribution in [0.3, 0.4) is 0 Å². The first kappa shape index (κ1) is 22.0. The Balaban J connectivity index is 1.78. The second-order valence-corrected chi connectivity index (χ2v) is 8.35. The van der Waals surface area contributed by atoms with Crippen LogP contribution in [0.5, 0.6) is 0 Å². The van der Waals surface area contributed by atoms with Gasteiger partial charge < -0.3 is 10.6 Å². The molecular weight excluding hydrogens is 421 g/mol. The molecule has 0 saturated carbocycles. The lowest BCUT2D eigenvalue weighted by molar-refractivity contribution is -0.119. The molecule has 2 amide bonds. The zero-order valence-electron chi connectivity index (χ0n) is 16.6. The van der Waals surface area contributed by atoms with Gasteiger partial charge in [-0.2, -0.15) is 0 Å². The van der Waals surface area contributed by atoms with Crippen LogP contribution in [0.1, 0.15) is 22.8 Å². The highest BCUT2D eigenvalue weighted by atomic mass is 32.2. The summed E-state index contributed by atoms with van der Waals surface area (Å²) in [6.45, 7) is 1.68. The lowest BCUT2D eigenvalue weighted by Crippen LogP contribution is -2.19. The van der Waals surface area contributed by atoms with Gasteiger partial charge in [0.05, 0.1) is 16.1 Å². The lowest BCUT2D eigenvalue weighted by atomic mass is 10.1. The van der Waals surface area contributed by atoms with Gasteiger partial charge in [0.25, 0.3) is 15.9 Å². The topological polar surface area (TPSA) is 104 Å². The smallest absolute Gasteiger partial charge is 0.261 e. The fourth-order valence-corrected chi connectivity index (χ4v) is 3.80. The van der Waals surface area contributed by atoms with Crippen molar-refractivity contribution < 1.29 is 22.4 Å². The van der Waals surface area contributed by atoms with Gasteiger partial charge in [0.1, 0.15) is 5.82 Å². The van der Waals surface area contributed by atoms with Gasteiger partial charge in [-0.3, -0.25) is 14.3 Å². The molecule has 0 radical (unpaired) electrons. The van der Waals surface area contributed by atoms with E-state index in [-0.39, 0.29) is 28.6 Å². The van der Waals surface area contributed by atoms with Crippen LogP contribution in [0, 0.1) is 5.82 Å². The molecule has 0 saturated heterocycles. The van der Waals surface area contributed by atoms with E-state index in [1.165, 1.54) is 55.5 Å². The molecule has 7 nitrogen and oxygen atoms in total. The predicted octanol–water partition coefficient (Wildman–Crippen LogP) is 3.51. The van der Waals surface area contributed by atoms with E-state index in [0.717, 1.165) is 5.56 Å². The predicted molar refractivity (Wildman–Crippen MR) is 116 cm³/mol. The van der Waals surface area contributed by atoms with Crippen molar-refractivity contribution in [2.75, 3.05) is 10.0 Å². The van der Waals surface area contributed by atoms with E-state index in [1.54, 1.807) is 24.3 Å². The SMILES string of the molecule is CC(=O)NCc1ccc(S(=O)(=O)Nc2ccccc2C(=O)Nc2ccc(F)cc2)cc1. The molecule has 31 heavy (non-hydrogen) atoms. The molecular formula is C22H20FN3O4S. The summed E-state index contributed by atoms with van der Waals surface area (Å²) in [5.41, 5.74) is 1.33. The first-order chi connectivity index (χ1) is 14.7. The Labute approximate surface area is 179 Å². The maximum atomic E-state index is 13.1. The fraction of sp³-hybridized carbons (Fsp3) is 0.0909. The molecule has 0 aromatic heterocycles. The number of hydrogen-bond donors (Lipinski definition) is 3. The van der Waals surface area contributed by atoms with Crippen LogP contribution >= 0.6 is 0 Å². The number of para-hydroxylation sites is 1. The third-order valence-electron chi connectivity index (χ3n) is 4.29. The molecule has 3 rings (SSSR count). The number of carbonyl (C=O) groups is 2. The summed E-state index contributed by atoms with van der Waals surface area (Å²) in [6.07, 6.45) is 0. The molecule has 0 aliphatic heterocycles. The van der Waals surface area contributed by atoms with Gasteiger partial charge in [-0.1, -0.05) is 24.3 Å². The summed E-state index contributed by atoms with van der Waals surface area (Å²) in [7, 11) is -3.96. The van der Waals surface area contributed by atoms with Crippen LogP contribution in [-0.2, 0) is 21.4 Å². The van der Waals surface area contributed by atoms with Crippen molar-refractivity contribution >= 4 is 33.2 Å². The molecule has 0 atom stereocenters. The van der Waals surface area contributed by atoms with E-state index in [9.17, 15) is 22.4 Å². The summed E-state index contributed by atoms with van der Waals surface area (Å²) in [4.78, 5) is 23.6. The molecule has 0 heterocycles. The molecule has 0 unspecified atom stereocenters. The minimum atomic E-state index is -3.96. The Hall–Kier alpha value is -3.72. The van der Waals surface area contributed by atoms with Gasteiger partial charge in [0, 0.05) is 19.2 Å². The van der Waals surface area contributed by atoms with Crippen molar-refractivity contribution in [3.8, 4) is 0 Å². The van der Waals surface area contributed by atoms with Gasteiger partial charge in [0.2, 0.25) is 5.91 Å². The van der Waals surface area contributed by atoms with Crippen molar-refractivity contribution in [3.05, 3.63) is 89.7 Å². The number of anilines is 2. The second-order valence-electron chi connectivity index (χ2n) is 6.67. The highest BCUT2D eigenvalue weighted by Gasteiger charge is 2.19.